The lowest BCUT2D eigenvalue weighted by atomic mass is 9.94. The van der Waals surface area contributed by atoms with Crippen LogP contribution in [0.2, 0.25) is 0 Å². The van der Waals surface area contributed by atoms with Crippen LogP contribution in [0, 0.1) is 6.92 Å². The summed E-state index contributed by atoms with van der Waals surface area (Å²) in [4.78, 5) is 14.6. The first-order chi connectivity index (χ1) is 9.54. The van der Waals surface area contributed by atoms with Crippen molar-refractivity contribution in [1.29, 1.82) is 0 Å². The summed E-state index contributed by atoms with van der Waals surface area (Å²) in [5, 5.41) is 0. The second-order valence-electron chi connectivity index (χ2n) is 6.02. The Labute approximate surface area is 121 Å². The van der Waals surface area contributed by atoms with E-state index < -0.39 is 0 Å². The average Bonchev–Trinajstić information content (AvgIpc) is 2.45. The molecule has 1 fully saturated rings. The van der Waals surface area contributed by atoms with Gasteiger partial charge in [-0.1, -0.05) is 24.3 Å². The maximum atomic E-state index is 12.3. The van der Waals surface area contributed by atoms with E-state index in [1.54, 1.807) is 7.11 Å². The molecule has 0 saturated carbocycles. The molecule has 3 heteroatoms. The quantitative estimate of drug-likeness (QED) is 0.773. The number of carbonyl (C=O) groups excluding carboxylic acids is 1. The highest BCUT2D eigenvalue weighted by molar-refractivity contribution is 5.97. The van der Waals surface area contributed by atoms with Crippen LogP contribution in [-0.4, -0.2) is 43.0 Å². The lowest BCUT2D eigenvalue weighted by molar-refractivity contribution is -0.0503. The predicted molar refractivity (Wildman–Crippen MR) is 81.2 cm³/mol. The summed E-state index contributed by atoms with van der Waals surface area (Å²) in [6.45, 7) is 6.97. The number of nitrogens with zero attached hydrogens (tertiary/aromatic N) is 1. The first-order valence-electron chi connectivity index (χ1n) is 7.40. The Balaban J connectivity index is 1.89. The molecular formula is C17H25NO2. The summed E-state index contributed by atoms with van der Waals surface area (Å²) in [6.07, 6.45) is 2.83. The zero-order valence-electron chi connectivity index (χ0n) is 12.8. The fourth-order valence-corrected chi connectivity index (χ4v) is 2.95. The van der Waals surface area contributed by atoms with Crippen LogP contribution in [0.3, 0.4) is 0 Å². The molecule has 0 N–H and O–H groups in total. The van der Waals surface area contributed by atoms with Crippen molar-refractivity contribution in [3.63, 3.8) is 0 Å². The number of ketones is 1. The Kier molecular flexibility index (Phi) is 4.95. The normalized spacial score (nSPS) is 23.8. The number of aryl methyl sites for hydroxylation is 1. The van der Waals surface area contributed by atoms with Gasteiger partial charge in [0.15, 0.2) is 5.78 Å². The van der Waals surface area contributed by atoms with Gasteiger partial charge in [-0.15, -0.1) is 0 Å². The number of hydrogen-bond donors (Lipinski definition) is 0. The summed E-state index contributed by atoms with van der Waals surface area (Å²) in [6, 6.07) is 7.83. The van der Waals surface area contributed by atoms with Gasteiger partial charge in [0.1, 0.15) is 0 Å². The highest BCUT2D eigenvalue weighted by atomic mass is 16.5. The Hall–Kier alpha value is -1.19. The molecule has 1 aromatic rings. The minimum atomic E-state index is -0.0516. The molecular weight excluding hydrogens is 250 g/mol. The highest BCUT2D eigenvalue weighted by Crippen LogP contribution is 2.24. The topological polar surface area (TPSA) is 29.5 Å². The van der Waals surface area contributed by atoms with Gasteiger partial charge in [0, 0.05) is 32.2 Å². The molecule has 1 unspecified atom stereocenters. The molecule has 3 nitrogen and oxygen atoms in total. The lowest BCUT2D eigenvalue weighted by Gasteiger charge is -2.39. The maximum Gasteiger partial charge on any atom is 0.164 e. The van der Waals surface area contributed by atoms with E-state index in [4.69, 9.17) is 4.74 Å². The molecule has 1 atom stereocenters. The van der Waals surface area contributed by atoms with E-state index in [0.29, 0.717) is 6.42 Å². The van der Waals surface area contributed by atoms with Crippen molar-refractivity contribution in [3.05, 3.63) is 35.4 Å². The highest BCUT2D eigenvalue weighted by Gasteiger charge is 2.30. The van der Waals surface area contributed by atoms with Gasteiger partial charge in [-0.25, -0.2) is 0 Å². The Morgan fingerprint density at radius 1 is 1.40 bits per heavy atom. The summed E-state index contributed by atoms with van der Waals surface area (Å²) in [5.41, 5.74) is 1.88. The van der Waals surface area contributed by atoms with E-state index in [1.165, 1.54) is 0 Å². The fraction of sp³-hybridized carbons (Fsp3) is 0.588. The van der Waals surface area contributed by atoms with E-state index in [9.17, 15) is 4.79 Å². The number of hydrogen-bond acceptors (Lipinski definition) is 3. The molecule has 110 valence electrons. The van der Waals surface area contributed by atoms with Gasteiger partial charge >= 0.3 is 0 Å². The molecule has 1 heterocycles. The first-order valence-corrected chi connectivity index (χ1v) is 7.40. The number of piperidine rings is 1. The van der Waals surface area contributed by atoms with Gasteiger partial charge in [0.25, 0.3) is 0 Å². The molecule has 0 aliphatic carbocycles. The second kappa shape index (κ2) is 6.51. The maximum absolute atomic E-state index is 12.3. The molecule has 0 amide bonds. The van der Waals surface area contributed by atoms with Crippen molar-refractivity contribution >= 4 is 5.78 Å². The van der Waals surface area contributed by atoms with Crippen LogP contribution in [0.15, 0.2) is 24.3 Å². The molecule has 1 aliphatic heterocycles. The second-order valence-corrected chi connectivity index (χ2v) is 6.02. The molecule has 20 heavy (non-hydrogen) atoms. The van der Waals surface area contributed by atoms with Crippen molar-refractivity contribution in [2.45, 2.75) is 38.7 Å². The van der Waals surface area contributed by atoms with Crippen molar-refractivity contribution in [2.24, 2.45) is 0 Å². The van der Waals surface area contributed by atoms with Crippen LogP contribution in [0.5, 0.6) is 0 Å². The number of methoxy groups -OCH3 is 1. The third-order valence-electron chi connectivity index (χ3n) is 4.33. The lowest BCUT2D eigenvalue weighted by Crippen LogP contribution is -2.47. The number of likely N-dealkylation sites (tertiary alicyclic amines) is 1. The van der Waals surface area contributed by atoms with Crippen LogP contribution in [0.1, 0.15) is 42.1 Å². The van der Waals surface area contributed by atoms with Gasteiger partial charge in [-0.2, -0.15) is 0 Å². The van der Waals surface area contributed by atoms with Crippen LogP contribution < -0.4 is 0 Å². The van der Waals surface area contributed by atoms with Crippen LogP contribution in [0.4, 0.5) is 0 Å². The largest absolute Gasteiger partial charge is 0.377 e. The van der Waals surface area contributed by atoms with Crippen molar-refractivity contribution in [1.82, 2.24) is 4.90 Å². The molecule has 2 rings (SSSR count). The van der Waals surface area contributed by atoms with Crippen LogP contribution >= 0.6 is 0 Å². The number of benzene rings is 1. The van der Waals surface area contributed by atoms with Crippen molar-refractivity contribution in [2.75, 3.05) is 26.7 Å². The zero-order valence-corrected chi connectivity index (χ0v) is 12.8. The van der Waals surface area contributed by atoms with E-state index in [0.717, 1.165) is 43.6 Å². The summed E-state index contributed by atoms with van der Waals surface area (Å²) in [5.74, 6) is 0.243. The first kappa shape index (κ1) is 15.2. The van der Waals surface area contributed by atoms with Crippen LogP contribution in [-0.2, 0) is 4.74 Å². The summed E-state index contributed by atoms with van der Waals surface area (Å²) >= 11 is 0. The van der Waals surface area contributed by atoms with E-state index in [1.807, 2.05) is 31.2 Å². The smallest absolute Gasteiger partial charge is 0.164 e. The molecule has 1 saturated heterocycles. The van der Waals surface area contributed by atoms with E-state index >= 15 is 0 Å². The Bertz CT molecular complexity index is 472. The van der Waals surface area contributed by atoms with Gasteiger partial charge in [-0.3, -0.25) is 4.79 Å². The zero-order chi connectivity index (χ0) is 14.6. The molecule has 1 aliphatic rings. The third-order valence-corrected chi connectivity index (χ3v) is 4.33. The minimum absolute atomic E-state index is 0.0516. The van der Waals surface area contributed by atoms with Crippen molar-refractivity contribution < 1.29 is 9.53 Å². The van der Waals surface area contributed by atoms with Gasteiger partial charge in [0.05, 0.1) is 5.60 Å². The number of carbonyl (C=O) groups is 1. The number of ether oxygens (including phenoxy) is 1. The molecule has 1 aromatic carbocycles. The molecule has 0 aromatic heterocycles. The van der Waals surface area contributed by atoms with Gasteiger partial charge < -0.3 is 9.64 Å². The number of rotatable bonds is 5. The minimum Gasteiger partial charge on any atom is -0.377 e. The number of Topliss-reactive ketones (excluding diaryl/α,β-unsaturated/α-hetero) is 1. The predicted octanol–water partition coefficient (Wildman–Crippen LogP) is 3.07. The standard InChI is InChI=1S/C17H25NO2/c1-14-7-4-5-8-15(14)16(19)9-12-18-11-6-10-17(2,13-18)20-3/h4-5,7-8H,6,9-13H2,1-3H3. The summed E-state index contributed by atoms with van der Waals surface area (Å²) in [7, 11) is 1.78. The van der Waals surface area contributed by atoms with Crippen molar-refractivity contribution in [3.8, 4) is 0 Å². The van der Waals surface area contributed by atoms with Crippen LogP contribution in [0.25, 0.3) is 0 Å². The third kappa shape index (κ3) is 3.68. The molecule has 0 bridgehead atoms. The fourth-order valence-electron chi connectivity index (χ4n) is 2.95. The molecule has 0 spiro atoms. The summed E-state index contributed by atoms with van der Waals surface area (Å²) < 4.78 is 5.59. The van der Waals surface area contributed by atoms with E-state index in [2.05, 4.69) is 11.8 Å². The monoisotopic (exact) mass is 275 g/mol. The average molecular weight is 275 g/mol. The molecule has 0 radical (unpaired) electrons. The van der Waals surface area contributed by atoms with E-state index in [-0.39, 0.29) is 11.4 Å². The van der Waals surface area contributed by atoms with Gasteiger partial charge in [0.2, 0.25) is 0 Å². The Morgan fingerprint density at radius 2 is 2.15 bits per heavy atom. The van der Waals surface area contributed by atoms with Gasteiger partial charge in [-0.05, 0) is 38.8 Å². The Morgan fingerprint density at radius 3 is 2.85 bits per heavy atom. The SMILES string of the molecule is COC1(C)CCCN(CCC(=O)c2ccccc2C)C1.